The lowest BCUT2D eigenvalue weighted by Gasteiger charge is -2.29. The first-order valence-electron chi connectivity index (χ1n) is 7.59. The topological polar surface area (TPSA) is 50.8 Å². The molecule has 5 nitrogen and oxygen atoms in total. The van der Waals surface area contributed by atoms with Crippen molar-refractivity contribution < 1.29 is 14.3 Å². The van der Waals surface area contributed by atoms with Crippen LogP contribution in [-0.2, 0) is 0 Å². The van der Waals surface area contributed by atoms with Crippen LogP contribution in [0, 0.1) is 6.92 Å². The van der Waals surface area contributed by atoms with Crippen LogP contribution in [0.15, 0.2) is 48.5 Å². The van der Waals surface area contributed by atoms with Crippen molar-refractivity contribution >= 4 is 11.7 Å². The van der Waals surface area contributed by atoms with Crippen molar-refractivity contribution in [3.63, 3.8) is 0 Å². The summed E-state index contributed by atoms with van der Waals surface area (Å²) < 4.78 is 11.5. The Morgan fingerprint density at radius 2 is 2.00 bits per heavy atom. The molecule has 2 aromatic carbocycles. The molecule has 1 atom stereocenters. The van der Waals surface area contributed by atoms with E-state index in [9.17, 15) is 4.79 Å². The van der Waals surface area contributed by atoms with Crippen molar-refractivity contribution in [2.75, 3.05) is 25.5 Å². The lowest BCUT2D eigenvalue weighted by molar-refractivity contribution is 0.0731. The van der Waals surface area contributed by atoms with E-state index in [2.05, 4.69) is 5.32 Å². The Labute approximate surface area is 135 Å². The molecule has 0 aliphatic carbocycles. The van der Waals surface area contributed by atoms with Gasteiger partial charge in [-0.3, -0.25) is 0 Å². The largest absolute Gasteiger partial charge is 0.486 e. The highest BCUT2D eigenvalue weighted by molar-refractivity contribution is 5.89. The van der Waals surface area contributed by atoms with Gasteiger partial charge in [-0.15, -0.1) is 0 Å². The van der Waals surface area contributed by atoms with Gasteiger partial charge in [0.2, 0.25) is 0 Å². The second kappa shape index (κ2) is 6.60. The lowest BCUT2D eigenvalue weighted by Crippen LogP contribution is -2.43. The molecule has 0 aromatic heterocycles. The molecule has 5 heteroatoms. The van der Waals surface area contributed by atoms with Gasteiger partial charge in [0.1, 0.15) is 6.61 Å². The monoisotopic (exact) mass is 312 g/mol. The average molecular weight is 312 g/mol. The molecule has 0 radical (unpaired) electrons. The van der Waals surface area contributed by atoms with E-state index in [1.165, 1.54) is 0 Å². The van der Waals surface area contributed by atoms with Gasteiger partial charge in [0, 0.05) is 12.7 Å². The fourth-order valence-corrected chi connectivity index (χ4v) is 2.48. The summed E-state index contributed by atoms with van der Waals surface area (Å²) >= 11 is 0. The smallest absolute Gasteiger partial charge is 0.321 e. The number of aryl methyl sites for hydroxylation is 1. The molecule has 0 unspecified atom stereocenters. The summed E-state index contributed by atoms with van der Waals surface area (Å²) in [6, 6.07) is 15.1. The zero-order chi connectivity index (χ0) is 16.2. The van der Waals surface area contributed by atoms with Crippen LogP contribution in [0.3, 0.4) is 0 Å². The molecule has 1 aliphatic rings. The van der Waals surface area contributed by atoms with E-state index in [0.29, 0.717) is 13.2 Å². The number of hydrogen-bond acceptors (Lipinski definition) is 3. The third-order valence-corrected chi connectivity index (χ3v) is 3.66. The van der Waals surface area contributed by atoms with Crippen molar-refractivity contribution in [2.24, 2.45) is 0 Å². The molecular weight excluding hydrogens is 292 g/mol. The average Bonchev–Trinajstić information content (AvgIpc) is 2.54. The molecule has 1 aliphatic heterocycles. The zero-order valence-corrected chi connectivity index (χ0v) is 13.3. The van der Waals surface area contributed by atoms with E-state index >= 15 is 0 Å². The predicted octanol–water partition coefficient (Wildman–Crippen LogP) is 3.30. The first-order valence-corrected chi connectivity index (χ1v) is 7.59. The molecule has 0 spiro atoms. The van der Waals surface area contributed by atoms with Gasteiger partial charge in [-0.25, -0.2) is 4.79 Å². The first kappa shape index (κ1) is 15.2. The summed E-state index contributed by atoms with van der Waals surface area (Å²) in [7, 11) is 1.75. The Kier molecular flexibility index (Phi) is 4.37. The van der Waals surface area contributed by atoms with Crippen molar-refractivity contribution in [1.29, 1.82) is 0 Å². The van der Waals surface area contributed by atoms with Gasteiger partial charge >= 0.3 is 6.03 Å². The maximum Gasteiger partial charge on any atom is 0.321 e. The van der Waals surface area contributed by atoms with Crippen LogP contribution in [0.5, 0.6) is 11.5 Å². The minimum absolute atomic E-state index is 0.168. The molecule has 23 heavy (non-hydrogen) atoms. The van der Waals surface area contributed by atoms with Crippen LogP contribution < -0.4 is 14.8 Å². The molecule has 0 fully saturated rings. The van der Waals surface area contributed by atoms with Crippen molar-refractivity contribution in [3.05, 3.63) is 54.1 Å². The molecule has 2 aromatic rings. The van der Waals surface area contributed by atoms with Crippen molar-refractivity contribution in [3.8, 4) is 11.5 Å². The van der Waals surface area contributed by atoms with Crippen LogP contribution in [0.2, 0.25) is 0 Å². The van der Waals surface area contributed by atoms with E-state index in [1.54, 1.807) is 11.9 Å². The lowest BCUT2D eigenvalue weighted by atomic mass is 10.2. The molecule has 1 N–H and O–H groups in total. The predicted molar refractivity (Wildman–Crippen MR) is 89.2 cm³/mol. The summed E-state index contributed by atoms with van der Waals surface area (Å²) in [5.41, 5.74) is 1.89. The van der Waals surface area contributed by atoms with E-state index in [4.69, 9.17) is 9.47 Å². The number of amides is 2. The zero-order valence-electron chi connectivity index (χ0n) is 13.3. The minimum Gasteiger partial charge on any atom is -0.486 e. The van der Waals surface area contributed by atoms with Gasteiger partial charge in [-0.2, -0.15) is 0 Å². The van der Waals surface area contributed by atoms with Crippen molar-refractivity contribution in [2.45, 2.75) is 13.0 Å². The summed E-state index contributed by atoms with van der Waals surface area (Å²) in [5.74, 6) is 1.46. The number of rotatable bonds is 3. The van der Waals surface area contributed by atoms with Gasteiger partial charge in [-0.1, -0.05) is 24.3 Å². The quantitative estimate of drug-likeness (QED) is 0.946. The van der Waals surface area contributed by atoms with Crippen molar-refractivity contribution in [1.82, 2.24) is 4.90 Å². The van der Waals surface area contributed by atoms with Crippen LogP contribution in [0.4, 0.5) is 10.5 Å². The third kappa shape index (κ3) is 3.74. The molecule has 120 valence electrons. The molecular formula is C18H20N2O3. The van der Waals surface area contributed by atoms with Gasteiger partial charge in [0.15, 0.2) is 17.6 Å². The second-order valence-electron chi connectivity index (χ2n) is 5.68. The normalized spacial score (nSPS) is 15.8. The molecule has 0 bridgehead atoms. The maximum atomic E-state index is 12.3. The first-order chi connectivity index (χ1) is 11.1. The Bertz CT molecular complexity index is 702. The molecule has 0 saturated heterocycles. The SMILES string of the molecule is Cc1cccc(NC(=O)N(C)C[C@@H]2COc3ccccc3O2)c1. The Morgan fingerprint density at radius 3 is 2.78 bits per heavy atom. The van der Waals surface area contributed by atoms with Gasteiger partial charge < -0.3 is 19.7 Å². The highest BCUT2D eigenvalue weighted by atomic mass is 16.6. The van der Waals surface area contributed by atoms with E-state index in [-0.39, 0.29) is 12.1 Å². The van der Waals surface area contributed by atoms with E-state index in [0.717, 1.165) is 22.7 Å². The van der Waals surface area contributed by atoms with E-state index < -0.39 is 0 Å². The maximum absolute atomic E-state index is 12.3. The van der Waals surface area contributed by atoms with E-state index in [1.807, 2.05) is 55.5 Å². The van der Waals surface area contributed by atoms with Gasteiger partial charge in [0.25, 0.3) is 0 Å². The Hall–Kier alpha value is -2.69. The number of ether oxygens (including phenoxy) is 2. The summed E-state index contributed by atoms with van der Waals surface area (Å²) in [6.45, 7) is 2.87. The number of hydrogen-bond donors (Lipinski definition) is 1. The fraction of sp³-hybridized carbons (Fsp3) is 0.278. The number of urea groups is 1. The number of fused-ring (bicyclic) bond motifs is 1. The number of carbonyl (C=O) groups is 1. The van der Waals surface area contributed by atoms with Gasteiger partial charge in [0.05, 0.1) is 6.54 Å². The number of para-hydroxylation sites is 2. The number of anilines is 1. The molecule has 1 heterocycles. The number of nitrogens with zero attached hydrogens (tertiary/aromatic N) is 1. The second-order valence-corrected chi connectivity index (χ2v) is 5.68. The number of likely N-dealkylation sites (N-methyl/N-ethyl adjacent to an activating group) is 1. The number of carbonyl (C=O) groups excluding carboxylic acids is 1. The highest BCUT2D eigenvalue weighted by Gasteiger charge is 2.23. The standard InChI is InChI=1S/C18H20N2O3/c1-13-6-5-7-14(10-13)19-18(21)20(2)11-15-12-22-16-8-3-4-9-17(16)23-15/h3-10,15H,11-12H2,1-2H3,(H,19,21)/t15-/m1/s1. The minimum atomic E-state index is -0.182. The summed E-state index contributed by atoms with van der Waals surface area (Å²) in [4.78, 5) is 13.9. The summed E-state index contributed by atoms with van der Waals surface area (Å²) in [5, 5.41) is 2.88. The highest BCUT2D eigenvalue weighted by Crippen LogP contribution is 2.30. The molecule has 2 amide bonds. The van der Waals surface area contributed by atoms with Gasteiger partial charge in [-0.05, 0) is 36.8 Å². The van der Waals surface area contributed by atoms with Crippen LogP contribution in [0.1, 0.15) is 5.56 Å². The summed E-state index contributed by atoms with van der Waals surface area (Å²) in [6.07, 6.45) is -0.182. The third-order valence-electron chi connectivity index (χ3n) is 3.66. The fourth-order valence-electron chi connectivity index (χ4n) is 2.48. The Morgan fingerprint density at radius 1 is 1.22 bits per heavy atom. The van der Waals surface area contributed by atoms with Crippen LogP contribution >= 0.6 is 0 Å². The Balaban J connectivity index is 1.57. The van der Waals surface area contributed by atoms with Crippen LogP contribution in [0.25, 0.3) is 0 Å². The molecule has 0 saturated carbocycles. The van der Waals surface area contributed by atoms with Crippen LogP contribution in [-0.4, -0.2) is 37.2 Å². The number of nitrogens with one attached hydrogen (secondary N) is 1. The number of benzene rings is 2. The molecule has 3 rings (SSSR count).